The highest BCUT2D eigenvalue weighted by atomic mass is 19.4. The van der Waals surface area contributed by atoms with Crippen molar-refractivity contribution in [1.29, 1.82) is 0 Å². The second-order valence-electron chi connectivity index (χ2n) is 3.47. The molecule has 0 spiro atoms. The van der Waals surface area contributed by atoms with Gasteiger partial charge in [-0.3, -0.25) is 14.9 Å². The van der Waals surface area contributed by atoms with E-state index in [-0.39, 0.29) is 5.56 Å². The van der Waals surface area contributed by atoms with E-state index in [1.807, 2.05) is 0 Å². The van der Waals surface area contributed by atoms with Crippen molar-refractivity contribution in [3.05, 3.63) is 33.9 Å². The summed E-state index contributed by atoms with van der Waals surface area (Å²) in [6, 6.07) is 2.98. The fraction of sp³-hybridized carbons (Fsp3) is 0.300. The van der Waals surface area contributed by atoms with E-state index in [0.717, 1.165) is 18.2 Å². The minimum absolute atomic E-state index is 0.00194. The number of carbonyl (C=O) groups excluding carboxylic acids is 1. The van der Waals surface area contributed by atoms with Gasteiger partial charge in [0.1, 0.15) is 12.9 Å². The zero-order valence-electron chi connectivity index (χ0n) is 9.26. The lowest BCUT2D eigenvalue weighted by Crippen LogP contribution is -2.34. The average molecular weight is 279 g/mol. The minimum Gasteiger partial charge on any atom is -0.484 e. The molecule has 0 aliphatic rings. The maximum atomic E-state index is 12.0. The fourth-order valence-corrected chi connectivity index (χ4v) is 1.13. The monoisotopic (exact) mass is 279 g/mol. The Kier molecular flexibility index (Phi) is 4.43. The molecule has 0 radical (unpaired) electrons. The number of aliphatic hydroxyl groups is 1. The van der Waals surface area contributed by atoms with Crippen LogP contribution in [0.15, 0.2) is 18.2 Å². The first kappa shape index (κ1) is 14.9. The van der Waals surface area contributed by atoms with Crippen LogP contribution < -0.4 is 4.74 Å². The van der Waals surface area contributed by atoms with Crippen LogP contribution in [0, 0.1) is 10.1 Å². The van der Waals surface area contributed by atoms with Gasteiger partial charge in [-0.25, -0.2) is 0 Å². The molecule has 6 nitrogen and oxygen atoms in total. The van der Waals surface area contributed by atoms with Crippen molar-refractivity contribution in [3.8, 4) is 5.75 Å². The van der Waals surface area contributed by atoms with Gasteiger partial charge < -0.3 is 9.84 Å². The largest absolute Gasteiger partial charge is 0.484 e. The quantitative estimate of drug-likeness (QED) is 0.503. The Bertz CT molecular complexity index is 489. The van der Waals surface area contributed by atoms with E-state index in [0.29, 0.717) is 6.29 Å². The molecule has 1 N–H and O–H groups in total. The molecular formula is C10H8F3NO5. The smallest absolute Gasteiger partial charge is 0.417 e. The molecule has 0 amide bonds. The number of hydrogen-bond acceptors (Lipinski definition) is 5. The maximum absolute atomic E-state index is 12.0. The molecule has 0 heterocycles. The fourth-order valence-electron chi connectivity index (χ4n) is 1.13. The van der Waals surface area contributed by atoms with Crippen molar-refractivity contribution in [2.45, 2.75) is 12.3 Å². The first-order valence-electron chi connectivity index (χ1n) is 4.87. The van der Waals surface area contributed by atoms with Crippen molar-refractivity contribution in [1.82, 2.24) is 0 Å². The summed E-state index contributed by atoms with van der Waals surface area (Å²) in [5.74, 6) is -0.516. The Morgan fingerprint density at radius 2 is 2.11 bits per heavy atom. The molecule has 0 fully saturated rings. The van der Waals surface area contributed by atoms with E-state index in [2.05, 4.69) is 4.74 Å². The standard InChI is InChI=1S/C10H8F3NO5/c11-10(12,13)9(16)5-19-8-3-6(4-15)1-2-7(8)14(17)18/h1-4,9,16H,5H2. The molecule has 0 saturated heterocycles. The number of hydrogen-bond donors (Lipinski definition) is 1. The number of halogens is 3. The van der Waals surface area contributed by atoms with Crippen LogP contribution in [0.1, 0.15) is 10.4 Å². The molecule has 0 aromatic heterocycles. The van der Waals surface area contributed by atoms with Crippen LogP contribution in [0.5, 0.6) is 5.75 Å². The summed E-state index contributed by atoms with van der Waals surface area (Å²) >= 11 is 0. The van der Waals surface area contributed by atoms with E-state index in [4.69, 9.17) is 5.11 Å². The number of aldehydes is 1. The van der Waals surface area contributed by atoms with Crippen LogP contribution in [0.3, 0.4) is 0 Å². The van der Waals surface area contributed by atoms with Gasteiger partial charge in [0.25, 0.3) is 0 Å². The second-order valence-corrected chi connectivity index (χ2v) is 3.47. The third kappa shape index (κ3) is 3.91. The molecule has 9 heteroatoms. The molecular weight excluding hydrogens is 271 g/mol. The predicted molar refractivity (Wildman–Crippen MR) is 56.0 cm³/mol. The summed E-state index contributed by atoms with van der Waals surface area (Å²) in [5.41, 5.74) is -0.595. The number of nitro groups is 1. The van der Waals surface area contributed by atoms with Crippen LogP contribution >= 0.6 is 0 Å². The molecule has 1 aromatic carbocycles. The second kappa shape index (κ2) is 5.65. The van der Waals surface area contributed by atoms with Crippen molar-refractivity contribution in [2.75, 3.05) is 6.61 Å². The van der Waals surface area contributed by atoms with E-state index in [1.54, 1.807) is 0 Å². The van der Waals surface area contributed by atoms with Crippen LogP contribution in [-0.2, 0) is 0 Å². The summed E-state index contributed by atoms with van der Waals surface area (Å²) < 4.78 is 40.7. The van der Waals surface area contributed by atoms with Crippen LogP contribution in [-0.4, -0.2) is 35.2 Å². The van der Waals surface area contributed by atoms with Gasteiger partial charge in [0.05, 0.1) is 4.92 Å². The highest BCUT2D eigenvalue weighted by Gasteiger charge is 2.39. The van der Waals surface area contributed by atoms with Crippen LogP contribution in [0.4, 0.5) is 18.9 Å². The van der Waals surface area contributed by atoms with Crippen molar-refractivity contribution < 1.29 is 32.7 Å². The van der Waals surface area contributed by atoms with Gasteiger partial charge in [-0.2, -0.15) is 13.2 Å². The summed E-state index contributed by atoms with van der Waals surface area (Å²) in [5, 5.41) is 19.3. The Morgan fingerprint density at radius 3 is 2.58 bits per heavy atom. The van der Waals surface area contributed by atoms with Crippen LogP contribution in [0.2, 0.25) is 0 Å². The highest BCUT2D eigenvalue weighted by molar-refractivity contribution is 5.76. The molecule has 1 unspecified atom stereocenters. The van der Waals surface area contributed by atoms with E-state index < -0.39 is 35.2 Å². The molecule has 0 aliphatic heterocycles. The van der Waals surface area contributed by atoms with Gasteiger partial charge in [-0.1, -0.05) is 0 Å². The van der Waals surface area contributed by atoms with Gasteiger partial charge in [0.2, 0.25) is 0 Å². The van der Waals surface area contributed by atoms with Crippen LogP contribution in [0.25, 0.3) is 0 Å². The van der Waals surface area contributed by atoms with Gasteiger partial charge >= 0.3 is 11.9 Å². The van der Waals surface area contributed by atoms with Crippen molar-refractivity contribution in [2.24, 2.45) is 0 Å². The lowest BCUT2D eigenvalue weighted by atomic mass is 10.2. The summed E-state index contributed by atoms with van der Waals surface area (Å²) in [6.07, 6.45) is -7.31. The number of aliphatic hydroxyl groups excluding tert-OH is 1. The first-order chi connectivity index (χ1) is 8.75. The van der Waals surface area contributed by atoms with Crippen molar-refractivity contribution in [3.63, 3.8) is 0 Å². The molecule has 19 heavy (non-hydrogen) atoms. The summed E-state index contributed by atoms with van der Waals surface area (Å²) in [6.45, 7) is -1.20. The van der Waals surface area contributed by atoms with E-state index >= 15 is 0 Å². The Labute approximate surface area is 104 Å². The Morgan fingerprint density at radius 1 is 1.47 bits per heavy atom. The zero-order chi connectivity index (χ0) is 14.6. The molecule has 1 atom stereocenters. The lowest BCUT2D eigenvalue weighted by molar-refractivity contribution is -0.386. The van der Waals surface area contributed by atoms with Gasteiger partial charge in [0.15, 0.2) is 11.9 Å². The Hall–Kier alpha value is -2.16. The van der Waals surface area contributed by atoms with Gasteiger partial charge in [0, 0.05) is 11.6 Å². The summed E-state index contributed by atoms with van der Waals surface area (Å²) in [7, 11) is 0. The number of ether oxygens (including phenoxy) is 1. The van der Waals surface area contributed by atoms with E-state index in [1.165, 1.54) is 0 Å². The lowest BCUT2D eigenvalue weighted by Gasteiger charge is -2.15. The molecule has 0 bridgehead atoms. The average Bonchev–Trinajstić information content (AvgIpc) is 2.33. The molecule has 0 aliphatic carbocycles. The van der Waals surface area contributed by atoms with Gasteiger partial charge in [-0.05, 0) is 12.1 Å². The van der Waals surface area contributed by atoms with Crippen molar-refractivity contribution >= 4 is 12.0 Å². The third-order valence-electron chi connectivity index (χ3n) is 2.09. The predicted octanol–water partition coefficient (Wildman–Crippen LogP) is 1.71. The highest BCUT2D eigenvalue weighted by Crippen LogP contribution is 2.29. The zero-order valence-corrected chi connectivity index (χ0v) is 9.26. The Balaban J connectivity index is 2.92. The number of rotatable bonds is 5. The number of carbonyl (C=O) groups is 1. The number of nitro benzene ring substituents is 1. The molecule has 1 rings (SSSR count). The number of alkyl halides is 3. The first-order valence-corrected chi connectivity index (χ1v) is 4.87. The SMILES string of the molecule is O=Cc1ccc([N+](=O)[O-])c(OCC(O)C(F)(F)F)c1. The third-order valence-corrected chi connectivity index (χ3v) is 2.09. The normalized spacial score (nSPS) is 12.8. The molecule has 1 aromatic rings. The molecule has 0 saturated carbocycles. The number of nitrogens with zero attached hydrogens (tertiary/aromatic N) is 1. The molecule has 104 valence electrons. The van der Waals surface area contributed by atoms with E-state index in [9.17, 15) is 28.1 Å². The number of benzene rings is 1. The maximum Gasteiger partial charge on any atom is 0.417 e. The van der Waals surface area contributed by atoms with Gasteiger partial charge in [-0.15, -0.1) is 0 Å². The minimum atomic E-state index is -4.89. The topological polar surface area (TPSA) is 89.7 Å². The summed E-state index contributed by atoms with van der Waals surface area (Å²) in [4.78, 5) is 20.2.